The van der Waals surface area contributed by atoms with Crippen LogP contribution in [0.5, 0.6) is 0 Å². The van der Waals surface area contributed by atoms with Gasteiger partial charge in [-0.1, -0.05) is 24.3 Å². The zero-order valence-electron chi connectivity index (χ0n) is 15.3. The Bertz CT molecular complexity index is 763. The number of rotatable bonds is 6. The maximum Gasteiger partial charge on any atom is 0.224 e. The smallest absolute Gasteiger partial charge is 0.224 e. The Balaban J connectivity index is 1.65. The molecule has 1 amide bonds. The molecule has 140 valence electrons. The fourth-order valence-electron chi connectivity index (χ4n) is 3.29. The van der Waals surface area contributed by atoms with Gasteiger partial charge in [0.1, 0.15) is 11.4 Å². The normalized spacial score (nSPS) is 20.3. The predicted octanol–water partition coefficient (Wildman–Crippen LogP) is 0.513. The number of carbonyl (C=O) groups excluding carboxylic acids is 1. The molecule has 1 atom stereocenters. The zero-order chi connectivity index (χ0) is 18.6. The van der Waals surface area contributed by atoms with E-state index >= 15 is 0 Å². The van der Waals surface area contributed by atoms with E-state index < -0.39 is 5.60 Å². The van der Waals surface area contributed by atoms with Crippen molar-refractivity contribution in [1.29, 1.82) is 0 Å². The third-order valence-electron chi connectivity index (χ3n) is 4.91. The molecule has 1 aromatic carbocycles. The molecule has 1 aromatic heterocycles. The van der Waals surface area contributed by atoms with Gasteiger partial charge in [-0.2, -0.15) is 0 Å². The molecule has 1 aliphatic heterocycles. The van der Waals surface area contributed by atoms with Crippen LogP contribution in [0.15, 0.2) is 24.3 Å². The minimum Gasteiger partial charge on any atom is -0.393 e. The maximum absolute atomic E-state index is 12.6. The van der Waals surface area contributed by atoms with Gasteiger partial charge in [0, 0.05) is 19.4 Å². The predicted molar refractivity (Wildman–Crippen MR) is 94.4 cm³/mol. The molecule has 1 aliphatic rings. The number of aromatic nitrogens is 4. The molecule has 0 bridgehead atoms. The van der Waals surface area contributed by atoms with Crippen molar-refractivity contribution < 1.29 is 14.6 Å². The molecule has 0 saturated carbocycles. The molecule has 8 nitrogen and oxygen atoms in total. The molecule has 0 unspecified atom stereocenters. The lowest BCUT2D eigenvalue weighted by Crippen LogP contribution is -2.57. The quantitative estimate of drug-likeness (QED) is 0.808. The molecular formula is C18H25N5O3. The van der Waals surface area contributed by atoms with Gasteiger partial charge in [-0.05, 0) is 35.4 Å². The van der Waals surface area contributed by atoms with Crippen LogP contribution in [-0.4, -0.2) is 68.0 Å². The Morgan fingerprint density at radius 2 is 2.15 bits per heavy atom. The monoisotopic (exact) mass is 359 g/mol. The van der Waals surface area contributed by atoms with E-state index in [1.54, 1.807) is 16.5 Å². The van der Waals surface area contributed by atoms with Gasteiger partial charge in [0.25, 0.3) is 0 Å². The van der Waals surface area contributed by atoms with Crippen LogP contribution in [0.25, 0.3) is 0 Å². The molecule has 3 rings (SSSR count). The maximum atomic E-state index is 12.6. The summed E-state index contributed by atoms with van der Waals surface area (Å²) in [6, 6.07) is 8.05. The van der Waals surface area contributed by atoms with Crippen molar-refractivity contribution in [3.63, 3.8) is 0 Å². The van der Waals surface area contributed by atoms with E-state index in [1.807, 2.05) is 31.2 Å². The van der Waals surface area contributed by atoms with Gasteiger partial charge in [0.15, 0.2) is 0 Å². The van der Waals surface area contributed by atoms with Gasteiger partial charge < -0.3 is 14.7 Å². The molecule has 0 radical (unpaired) electrons. The fourth-order valence-corrected chi connectivity index (χ4v) is 3.29. The first-order valence-electron chi connectivity index (χ1n) is 8.83. The minimum absolute atomic E-state index is 0.0193. The standard InChI is InChI=1S/C18H25N5O3/c1-14-5-3-4-6-16(14)11-18(13-24)12-22(9-10-26-18)17(25)7-8-23-15(2)19-20-21-23/h3-6,24H,7-13H2,1-2H3/t18-/m1/s1. The van der Waals surface area contributed by atoms with E-state index in [2.05, 4.69) is 15.5 Å². The van der Waals surface area contributed by atoms with E-state index in [0.717, 1.165) is 11.1 Å². The van der Waals surface area contributed by atoms with E-state index in [1.165, 1.54) is 0 Å². The van der Waals surface area contributed by atoms with Gasteiger partial charge in [-0.25, -0.2) is 4.68 Å². The largest absolute Gasteiger partial charge is 0.393 e. The minimum atomic E-state index is -0.759. The van der Waals surface area contributed by atoms with Gasteiger partial charge >= 0.3 is 0 Å². The first-order valence-corrected chi connectivity index (χ1v) is 8.83. The summed E-state index contributed by atoms with van der Waals surface area (Å²) in [5.41, 5.74) is 1.52. The molecule has 0 spiro atoms. The van der Waals surface area contributed by atoms with Gasteiger partial charge in [0.05, 0.1) is 26.3 Å². The highest BCUT2D eigenvalue weighted by molar-refractivity contribution is 5.76. The van der Waals surface area contributed by atoms with Gasteiger partial charge in [-0.15, -0.1) is 5.10 Å². The first-order chi connectivity index (χ1) is 12.5. The Kier molecular flexibility index (Phi) is 5.63. The number of nitrogens with zero attached hydrogens (tertiary/aromatic N) is 5. The molecule has 1 fully saturated rings. The Morgan fingerprint density at radius 3 is 2.85 bits per heavy atom. The third kappa shape index (κ3) is 4.08. The van der Waals surface area contributed by atoms with E-state index in [9.17, 15) is 9.90 Å². The Labute approximate surface area is 152 Å². The van der Waals surface area contributed by atoms with Crippen LogP contribution in [0, 0.1) is 13.8 Å². The number of morpholine rings is 1. The summed E-state index contributed by atoms with van der Waals surface area (Å²) in [5, 5.41) is 21.3. The van der Waals surface area contributed by atoms with Crippen LogP contribution in [0.2, 0.25) is 0 Å². The molecule has 2 aromatic rings. The van der Waals surface area contributed by atoms with Crippen molar-refractivity contribution in [2.24, 2.45) is 0 Å². The number of aliphatic hydroxyl groups is 1. The number of amides is 1. The fraction of sp³-hybridized carbons (Fsp3) is 0.556. The van der Waals surface area contributed by atoms with Crippen molar-refractivity contribution in [1.82, 2.24) is 25.1 Å². The van der Waals surface area contributed by atoms with Crippen molar-refractivity contribution in [2.45, 2.75) is 38.8 Å². The molecule has 1 N–H and O–H groups in total. The number of aliphatic hydroxyl groups excluding tert-OH is 1. The number of ether oxygens (including phenoxy) is 1. The molecule has 8 heteroatoms. The van der Waals surface area contributed by atoms with Gasteiger partial charge in [-0.3, -0.25) is 4.79 Å². The summed E-state index contributed by atoms with van der Waals surface area (Å²) in [5.74, 6) is 0.704. The summed E-state index contributed by atoms with van der Waals surface area (Å²) in [7, 11) is 0. The van der Waals surface area contributed by atoms with Crippen LogP contribution in [0.4, 0.5) is 0 Å². The lowest BCUT2D eigenvalue weighted by atomic mass is 9.91. The van der Waals surface area contributed by atoms with Crippen molar-refractivity contribution in [3.05, 3.63) is 41.2 Å². The average molecular weight is 359 g/mol. The van der Waals surface area contributed by atoms with E-state index in [0.29, 0.717) is 44.9 Å². The molecular weight excluding hydrogens is 334 g/mol. The number of hydrogen-bond donors (Lipinski definition) is 1. The van der Waals surface area contributed by atoms with Crippen LogP contribution < -0.4 is 0 Å². The molecule has 1 saturated heterocycles. The first kappa shape index (κ1) is 18.5. The number of benzene rings is 1. The van der Waals surface area contributed by atoms with Crippen LogP contribution >= 0.6 is 0 Å². The molecule has 2 heterocycles. The average Bonchev–Trinajstić information content (AvgIpc) is 3.07. The van der Waals surface area contributed by atoms with Crippen LogP contribution in [0.3, 0.4) is 0 Å². The second-order valence-electron chi connectivity index (χ2n) is 6.81. The second kappa shape index (κ2) is 7.92. The second-order valence-corrected chi connectivity index (χ2v) is 6.81. The van der Waals surface area contributed by atoms with E-state index in [4.69, 9.17) is 4.74 Å². The Hall–Kier alpha value is -2.32. The van der Waals surface area contributed by atoms with Crippen LogP contribution in [-0.2, 0) is 22.5 Å². The lowest BCUT2D eigenvalue weighted by molar-refractivity contribution is -0.158. The lowest BCUT2D eigenvalue weighted by Gasteiger charge is -2.42. The third-order valence-corrected chi connectivity index (χ3v) is 4.91. The van der Waals surface area contributed by atoms with Gasteiger partial charge in [0.2, 0.25) is 5.91 Å². The molecule has 0 aliphatic carbocycles. The van der Waals surface area contributed by atoms with Crippen LogP contribution in [0.1, 0.15) is 23.4 Å². The number of hydrogen-bond acceptors (Lipinski definition) is 6. The SMILES string of the molecule is Cc1ccccc1C[C@]1(CO)CN(C(=O)CCn2nnnc2C)CCO1. The number of tetrazole rings is 1. The highest BCUT2D eigenvalue weighted by Crippen LogP contribution is 2.25. The molecule has 26 heavy (non-hydrogen) atoms. The van der Waals surface area contributed by atoms with E-state index in [-0.39, 0.29) is 12.5 Å². The number of carbonyl (C=O) groups is 1. The topological polar surface area (TPSA) is 93.4 Å². The highest BCUT2D eigenvalue weighted by atomic mass is 16.5. The summed E-state index contributed by atoms with van der Waals surface area (Å²) in [6.45, 7) is 5.49. The van der Waals surface area contributed by atoms with Crippen molar-refractivity contribution >= 4 is 5.91 Å². The Morgan fingerprint density at radius 1 is 1.35 bits per heavy atom. The highest BCUT2D eigenvalue weighted by Gasteiger charge is 2.38. The van der Waals surface area contributed by atoms with Crippen molar-refractivity contribution in [3.8, 4) is 0 Å². The number of aryl methyl sites for hydroxylation is 3. The summed E-state index contributed by atoms with van der Waals surface area (Å²) in [4.78, 5) is 14.4. The van der Waals surface area contributed by atoms with Crippen molar-refractivity contribution in [2.75, 3.05) is 26.3 Å². The summed E-state index contributed by atoms with van der Waals surface area (Å²) >= 11 is 0. The summed E-state index contributed by atoms with van der Waals surface area (Å²) < 4.78 is 7.56. The summed E-state index contributed by atoms with van der Waals surface area (Å²) in [6.07, 6.45) is 0.893. The zero-order valence-corrected chi connectivity index (χ0v) is 15.3.